The SMILES string of the molecule is Cc1ccccc1-c1noc([C@H](C)SCCc2cnn(C)c2)n1. The molecule has 120 valence electrons. The summed E-state index contributed by atoms with van der Waals surface area (Å²) >= 11 is 1.81. The van der Waals surface area contributed by atoms with Crippen molar-refractivity contribution < 1.29 is 4.52 Å². The van der Waals surface area contributed by atoms with Crippen LogP contribution in [-0.2, 0) is 13.5 Å². The summed E-state index contributed by atoms with van der Waals surface area (Å²) in [6.45, 7) is 4.15. The predicted octanol–water partition coefficient (Wildman–Crippen LogP) is 3.82. The second-order valence-corrected chi connectivity index (χ2v) is 7.01. The molecule has 1 atom stereocenters. The predicted molar refractivity (Wildman–Crippen MR) is 92.3 cm³/mol. The Morgan fingerprint density at radius 3 is 2.87 bits per heavy atom. The second kappa shape index (κ2) is 7.00. The first kappa shape index (κ1) is 15.8. The van der Waals surface area contributed by atoms with Gasteiger partial charge in [0, 0.05) is 18.8 Å². The molecule has 0 bridgehead atoms. The minimum atomic E-state index is 0.178. The van der Waals surface area contributed by atoms with Gasteiger partial charge in [0.25, 0.3) is 0 Å². The van der Waals surface area contributed by atoms with E-state index in [0.717, 1.165) is 23.3 Å². The van der Waals surface area contributed by atoms with Gasteiger partial charge >= 0.3 is 0 Å². The molecular formula is C17H20N4OS. The Balaban J connectivity index is 1.60. The minimum Gasteiger partial charge on any atom is -0.338 e. The van der Waals surface area contributed by atoms with E-state index in [0.29, 0.717) is 11.7 Å². The van der Waals surface area contributed by atoms with Crippen molar-refractivity contribution in [3.8, 4) is 11.4 Å². The number of aromatic nitrogens is 4. The van der Waals surface area contributed by atoms with E-state index in [1.54, 1.807) is 0 Å². The van der Waals surface area contributed by atoms with Gasteiger partial charge in [0.05, 0.1) is 11.4 Å². The van der Waals surface area contributed by atoms with Crippen LogP contribution in [0.2, 0.25) is 0 Å². The molecule has 0 unspecified atom stereocenters. The van der Waals surface area contributed by atoms with Crippen LogP contribution in [0.25, 0.3) is 11.4 Å². The molecule has 3 rings (SSSR count). The summed E-state index contributed by atoms with van der Waals surface area (Å²) < 4.78 is 7.27. The fraction of sp³-hybridized carbons (Fsp3) is 0.353. The third-order valence-corrected chi connectivity index (χ3v) is 4.83. The van der Waals surface area contributed by atoms with Crippen LogP contribution in [0.3, 0.4) is 0 Å². The molecule has 2 heterocycles. The number of aryl methyl sites for hydroxylation is 3. The zero-order chi connectivity index (χ0) is 16.2. The summed E-state index contributed by atoms with van der Waals surface area (Å²) in [5, 5.41) is 8.49. The van der Waals surface area contributed by atoms with Crippen LogP contribution in [-0.4, -0.2) is 25.7 Å². The van der Waals surface area contributed by atoms with Crippen molar-refractivity contribution in [3.05, 3.63) is 53.7 Å². The minimum absolute atomic E-state index is 0.178. The first-order chi connectivity index (χ1) is 11.1. The van der Waals surface area contributed by atoms with Crippen molar-refractivity contribution in [1.29, 1.82) is 0 Å². The monoisotopic (exact) mass is 328 g/mol. The molecule has 0 aliphatic rings. The number of nitrogens with zero attached hydrogens (tertiary/aromatic N) is 4. The van der Waals surface area contributed by atoms with E-state index in [-0.39, 0.29) is 5.25 Å². The van der Waals surface area contributed by atoms with Gasteiger partial charge in [-0.15, -0.1) is 11.8 Å². The summed E-state index contributed by atoms with van der Waals surface area (Å²) in [4.78, 5) is 4.56. The molecule has 0 aliphatic carbocycles. The second-order valence-electron chi connectivity index (χ2n) is 5.56. The van der Waals surface area contributed by atoms with E-state index in [2.05, 4.69) is 35.2 Å². The summed E-state index contributed by atoms with van der Waals surface area (Å²) in [5.74, 6) is 2.34. The average Bonchev–Trinajstić information content (AvgIpc) is 3.17. The molecule has 6 heteroatoms. The Kier molecular flexibility index (Phi) is 4.81. The molecule has 3 aromatic rings. The Morgan fingerprint density at radius 1 is 1.30 bits per heavy atom. The highest BCUT2D eigenvalue weighted by atomic mass is 32.2. The number of hydrogen-bond donors (Lipinski definition) is 0. The van der Waals surface area contributed by atoms with Crippen molar-refractivity contribution in [2.24, 2.45) is 7.05 Å². The zero-order valence-corrected chi connectivity index (χ0v) is 14.4. The van der Waals surface area contributed by atoms with Crippen LogP contribution in [0.5, 0.6) is 0 Å². The molecule has 0 N–H and O–H groups in total. The standard InChI is InChI=1S/C17H20N4OS/c1-12-6-4-5-7-15(12)16-19-17(22-20-16)13(2)23-9-8-14-10-18-21(3)11-14/h4-7,10-11,13H,8-9H2,1-3H3/t13-/m0/s1. The van der Waals surface area contributed by atoms with Gasteiger partial charge in [-0.3, -0.25) is 4.68 Å². The number of hydrogen-bond acceptors (Lipinski definition) is 5. The summed E-state index contributed by atoms with van der Waals surface area (Å²) in [5.41, 5.74) is 3.42. The Hall–Kier alpha value is -2.08. The number of thioether (sulfide) groups is 1. The van der Waals surface area contributed by atoms with Crippen molar-refractivity contribution in [2.75, 3.05) is 5.75 Å². The molecule has 0 saturated carbocycles. The van der Waals surface area contributed by atoms with Crippen LogP contribution in [0.1, 0.15) is 29.2 Å². The van der Waals surface area contributed by atoms with Crippen molar-refractivity contribution in [1.82, 2.24) is 19.9 Å². The lowest BCUT2D eigenvalue weighted by molar-refractivity contribution is 0.381. The summed E-state index contributed by atoms with van der Waals surface area (Å²) in [6.07, 6.45) is 4.95. The van der Waals surface area contributed by atoms with Gasteiger partial charge in [0.1, 0.15) is 0 Å². The van der Waals surface area contributed by atoms with Crippen LogP contribution in [0.4, 0.5) is 0 Å². The van der Waals surface area contributed by atoms with Gasteiger partial charge < -0.3 is 4.52 Å². The normalized spacial score (nSPS) is 12.5. The smallest absolute Gasteiger partial charge is 0.239 e. The molecular weight excluding hydrogens is 308 g/mol. The molecule has 2 aromatic heterocycles. The third-order valence-electron chi connectivity index (χ3n) is 3.69. The van der Waals surface area contributed by atoms with Crippen LogP contribution in [0.15, 0.2) is 41.2 Å². The quantitative estimate of drug-likeness (QED) is 0.688. The maximum absolute atomic E-state index is 5.44. The lowest BCUT2D eigenvalue weighted by Crippen LogP contribution is -1.94. The van der Waals surface area contributed by atoms with E-state index in [1.807, 2.05) is 54.1 Å². The third kappa shape index (κ3) is 3.82. The molecule has 5 nitrogen and oxygen atoms in total. The highest BCUT2D eigenvalue weighted by Gasteiger charge is 2.16. The van der Waals surface area contributed by atoms with Crippen LogP contribution < -0.4 is 0 Å². The van der Waals surface area contributed by atoms with Crippen molar-refractivity contribution in [3.63, 3.8) is 0 Å². The first-order valence-corrected chi connectivity index (χ1v) is 8.67. The molecule has 0 radical (unpaired) electrons. The number of rotatable bonds is 6. The van der Waals surface area contributed by atoms with E-state index in [1.165, 1.54) is 5.56 Å². The van der Waals surface area contributed by atoms with E-state index < -0.39 is 0 Å². The highest BCUT2D eigenvalue weighted by Crippen LogP contribution is 2.29. The van der Waals surface area contributed by atoms with Crippen molar-refractivity contribution in [2.45, 2.75) is 25.5 Å². The lowest BCUT2D eigenvalue weighted by atomic mass is 10.1. The van der Waals surface area contributed by atoms with Gasteiger partial charge in [-0.1, -0.05) is 29.4 Å². The first-order valence-electron chi connectivity index (χ1n) is 7.62. The van der Waals surface area contributed by atoms with Gasteiger partial charge in [0.15, 0.2) is 0 Å². The molecule has 23 heavy (non-hydrogen) atoms. The molecule has 0 spiro atoms. The fourth-order valence-corrected chi connectivity index (χ4v) is 3.30. The highest BCUT2D eigenvalue weighted by molar-refractivity contribution is 7.99. The summed E-state index contributed by atoms with van der Waals surface area (Å²) in [7, 11) is 1.94. The van der Waals surface area contributed by atoms with Gasteiger partial charge in [0.2, 0.25) is 11.7 Å². The molecule has 0 saturated heterocycles. The molecule has 0 aliphatic heterocycles. The van der Waals surface area contributed by atoms with E-state index in [4.69, 9.17) is 4.52 Å². The average molecular weight is 328 g/mol. The summed E-state index contributed by atoms with van der Waals surface area (Å²) in [6, 6.07) is 8.07. The van der Waals surface area contributed by atoms with Crippen LogP contribution >= 0.6 is 11.8 Å². The van der Waals surface area contributed by atoms with Gasteiger partial charge in [-0.2, -0.15) is 10.1 Å². The van der Waals surface area contributed by atoms with Gasteiger partial charge in [-0.05, 0) is 37.1 Å². The molecule has 0 fully saturated rings. The largest absolute Gasteiger partial charge is 0.338 e. The Bertz CT molecular complexity index is 780. The Morgan fingerprint density at radius 2 is 2.13 bits per heavy atom. The van der Waals surface area contributed by atoms with E-state index in [9.17, 15) is 0 Å². The van der Waals surface area contributed by atoms with Crippen molar-refractivity contribution >= 4 is 11.8 Å². The zero-order valence-electron chi connectivity index (χ0n) is 13.6. The van der Waals surface area contributed by atoms with Gasteiger partial charge in [-0.25, -0.2) is 0 Å². The maximum atomic E-state index is 5.44. The lowest BCUT2D eigenvalue weighted by Gasteiger charge is -2.05. The number of benzene rings is 1. The van der Waals surface area contributed by atoms with Crippen LogP contribution in [0, 0.1) is 6.92 Å². The Labute approximate surface area is 140 Å². The fourth-order valence-electron chi connectivity index (χ4n) is 2.36. The maximum Gasteiger partial charge on any atom is 0.239 e. The van der Waals surface area contributed by atoms with E-state index >= 15 is 0 Å². The molecule has 1 aromatic carbocycles. The topological polar surface area (TPSA) is 56.7 Å². The molecule has 0 amide bonds.